The first-order chi connectivity index (χ1) is 11.9. The van der Waals surface area contributed by atoms with E-state index >= 15 is 0 Å². The Morgan fingerprint density at radius 1 is 1.23 bits per heavy atom. The van der Waals surface area contributed by atoms with Gasteiger partial charge in [-0.05, 0) is 52.4 Å². The maximum atomic E-state index is 12.2. The van der Waals surface area contributed by atoms with Crippen molar-refractivity contribution >= 4 is 36.0 Å². The third-order valence-electron chi connectivity index (χ3n) is 4.47. The van der Waals surface area contributed by atoms with Crippen molar-refractivity contribution in [1.29, 1.82) is 0 Å². The first kappa shape index (κ1) is 23.3. The fraction of sp³-hybridized carbons (Fsp3) is 0.889. The van der Waals surface area contributed by atoms with Crippen molar-refractivity contribution in [3.8, 4) is 0 Å². The zero-order chi connectivity index (χ0) is 18.3. The quantitative estimate of drug-likeness (QED) is 0.366. The lowest BCUT2D eigenvalue weighted by molar-refractivity contribution is 0.0168. The summed E-state index contributed by atoms with van der Waals surface area (Å²) in [5.41, 5.74) is -0.448. The summed E-state index contributed by atoms with van der Waals surface area (Å²) >= 11 is 0. The van der Waals surface area contributed by atoms with Gasteiger partial charge in [-0.2, -0.15) is 0 Å². The average Bonchev–Trinajstić information content (AvgIpc) is 3.07. The van der Waals surface area contributed by atoms with Crippen molar-refractivity contribution < 1.29 is 14.3 Å². The van der Waals surface area contributed by atoms with Crippen LogP contribution in [0.2, 0.25) is 0 Å². The van der Waals surface area contributed by atoms with Crippen LogP contribution in [0, 0.1) is 5.92 Å². The topological polar surface area (TPSA) is 75.2 Å². The Kier molecular flexibility index (Phi) is 9.99. The summed E-state index contributed by atoms with van der Waals surface area (Å²) in [6.45, 7) is 9.65. The summed E-state index contributed by atoms with van der Waals surface area (Å²) in [6, 6.07) is 0. The minimum absolute atomic E-state index is 0. The number of rotatable bonds is 4. The molecular formula is C18H35IN4O3. The van der Waals surface area contributed by atoms with E-state index in [9.17, 15) is 4.79 Å². The van der Waals surface area contributed by atoms with E-state index in [1.54, 1.807) is 7.05 Å². The SMILES string of the molecule is CN=C(NCC1CCCN(C(=O)OC(C)(C)C)C1)NCC1CCCO1.I. The van der Waals surface area contributed by atoms with Crippen molar-refractivity contribution in [3.05, 3.63) is 0 Å². The molecule has 7 nitrogen and oxygen atoms in total. The van der Waals surface area contributed by atoms with Crippen molar-refractivity contribution in [2.24, 2.45) is 10.9 Å². The van der Waals surface area contributed by atoms with Crippen molar-refractivity contribution in [2.45, 2.75) is 58.2 Å². The smallest absolute Gasteiger partial charge is 0.410 e. The number of nitrogens with zero attached hydrogens (tertiary/aromatic N) is 2. The highest BCUT2D eigenvalue weighted by Gasteiger charge is 2.27. The lowest BCUT2D eigenvalue weighted by atomic mass is 9.98. The van der Waals surface area contributed by atoms with Crippen LogP contribution in [-0.2, 0) is 9.47 Å². The van der Waals surface area contributed by atoms with Gasteiger partial charge in [0, 0.05) is 39.8 Å². The first-order valence-electron chi connectivity index (χ1n) is 9.41. The van der Waals surface area contributed by atoms with Crippen LogP contribution in [0.5, 0.6) is 0 Å². The monoisotopic (exact) mass is 482 g/mol. The van der Waals surface area contributed by atoms with Crippen molar-refractivity contribution in [1.82, 2.24) is 15.5 Å². The van der Waals surface area contributed by atoms with Crippen molar-refractivity contribution in [2.75, 3.05) is 39.8 Å². The molecule has 8 heteroatoms. The van der Waals surface area contributed by atoms with Gasteiger partial charge in [-0.25, -0.2) is 4.79 Å². The summed E-state index contributed by atoms with van der Waals surface area (Å²) in [4.78, 5) is 18.3. The second-order valence-corrected chi connectivity index (χ2v) is 7.90. The van der Waals surface area contributed by atoms with Crippen LogP contribution in [0.4, 0.5) is 4.79 Å². The molecule has 2 atom stereocenters. The van der Waals surface area contributed by atoms with E-state index in [4.69, 9.17) is 9.47 Å². The molecule has 2 heterocycles. The van der Waals surface area contributed by atoms with Crippen LogP contribution >= 0.6 is 24.0 Å². The summed E-state index contributed by atoms with van der Waals surface area (Å²) in [5.74, 6) is 1.20. The number of carbonyl (C=O) groups is 1. The third kappa shape index (κ3) is 8.28. The largest absolute Gasteiger partial charge is 0.444 e. The molecule has 1 amide bonds. The number of amides is 1. The van der Waals surface area contributed by atoms with Gasteiger partial charge in [-0.3, -0.25) is 4.99 Å². The standard InChI is InChI=1S/C18H34N4O3.HI/c1-18(2,3)25-17(23)22-9-5-7-14(13-22)11-20-16(19-4)21-12-15-8-6-10-24-15;/h14-15H,5-13H2,1-4H3,(H2,19,20,21);1H. The van der Waals surface area contributed by atoms with E-state index in [2.05, 4.69) is 15.6 Å². The minimum Gasteiger partial charge on any atom is -0.444 e. The fourth-order valence-electron chi connectivity index (χ4n) is 3.20. The summed E-state index contributed by atoms with van der Waals surface area (Å²) in [6.07, 6.45) is 4.44. The van der Waals surface area contributed by atoms with Gasteiger partial charge in [0.05, 0.1) is 6.10 Å². The Bertz CT molecular complexity index is 462. The Balaban J connectivity index is 0.00000338. The Hall–Kier alpha value is -0.770. The molecule has 0 saturated carbocycles. The van der Waals surface area contributed by atoms with Crippen LogP contribution in [0.1, 0.15) is 46.5 Å². The molecule has 2 unspecified atom stereocenters. The normalized spacial score (nSPS) is 24.0. The second kappa shape index (κ2) is 11.2. The van der Waals surface area contributed by atoms with E-state index in [0.717, 1.165) is 64.4 Å². The number of hydrogen-bond donors (Lipinski definition) is 2. The van der Waals surface area contributed by atoms with Gasteiger partial charge in [0.1, 0.15) is 5.60 Å². The van der Waals surface area contributed by atoms with Crippen molar-refractivity contribution in [3.63, 3.8) is 0 Å². The molecule has 2 fully saturated rings. The molecule has 26 heavy (non-hydrogen) atoms. The van der Waals surface area contributed by atoms with E-state index in [-0.39, 0.29) is 36.2 Å². The molecule has 0 aromatic carbocycles. The highest BCUT2D eigenvalue weighted by molar-refractivity contribution is 14.0. The summed E-state index contributed by atoms with van der Waals surface area (Å²) < 4.78 is 11.1. The van der Waals surface area contributed by atoms with E-state index in [0.29, 0.717) is 5.92 Å². The van der Waals surface area contributed by atoms with Gasteiger partial charge in [0.2, 0.25) is 0 Å². The van der Waals surface area contributed by atoms with Gasteiger partial charge < -0.3 is 25.0 Å². The third-order valence-corrected chi connectivity index (χ3v) is 4.47. The zero-order valence-electron chi connectivity index (χ0n) is 16.5. The zero-order valence-corrected chi connectivity index (χ0v) is 18.9. The van der Waals surface area contributed by atoms with Gasteiger partial charge in [-0.1, -0.05) is 0 Å². The van der Waals surface area contributed by atoms with Gasteiger partial charge >= 0.3 is 6.09 Å². The Morgan fingerprint density at radius 2 is 1.96 bits per heavy atom. The molecule has 2 N–H and O–H groups in total. The molecule has 2 saturated heterocycles. The Morgan fingerprint density at radius 3 is 2.58 bits per heavy atom. The average molecular weight is 482 g/mol. The minimum atomic E-state index is -0.448. The maximum absolute atomic E-state index is 12.2. The van der Waals surface area contributed by atoms with Crippen LogP contribution in [-0.4, -0.2) is 68.5 Å². The Labute approximate surface area is 174 Å². The van der Waals surface area contributed by atoms with Gasteiger partial charge in [-0.15, -0.1) is 24.0 Å². The summed E-state index contributed by atoms with van der Waals surface area (Å²) in [7, 11) is 1.78. The number of ether oxygens (including phenoxy) is 2. The highest BCUT2D eigenvalue weighted by atomic mass is 127. The number of carbonyl (C=O) groups excluding carboxylic acids is 1. The van der Waals surface area contributed by atoms with Gasteiger partial charge in [0.25, 0.3) is 0 Å². The fourth-order valence-corrected chi connectivity index (χ4v) is 3.20. The number of likely N-dealkylation sites (tertiary alicyclic amines) is 1. The second-order valence-electron chi connectivity index (χ2n) is 7.90. The molecule has 0 aliphatic carbocycles. The molecule has 0 aromatic heterocycles. The van der Waals surface area contributed by atoms with E-state index in [1.165, 1.54) is 0 Å². The maximum Gasteiger partial charge on any atom is 0.410 e. The molecule has 0 bridgehead atoms. The highest BCUT2D eigenvalue weighted by Crippen LogP contribution is 2.19. The predicted molar refractivity (Wildman–Crippen MR) is 114 cm³/mol. The molecule has 0 aromatic rings. The van der Waals surface area contributed by atoms with E-state index < -0.39 is 5.60 Å². The van der Waals surface area contributed by atoms with Crippen LogP contribution < -0.4 is 10.6 Å². The molecule has 2 aliphatic heterocycles. The van der Waals surface area contributed by atoms with E-state index in [1.807, 2.05) is 25.7 Å². The number of halogens is 1. The van der Waals surface area contributed by atoms with Crippen LogP contribution in [0.25, 0.3) is 0 Å². The number of hydrogen-bond acceptors (Lipinski definition) is 4. The lowest BCUT2D eigenvalue weighted by Crippen LogP contribution is -2.47. The molecule has 2 aliphatic rings. The molecular weight excluding hydrogens is 447 g/mol. The molecule has 152 valence electrons. The molecule has 0 spiro atoms. The lowest BCUT2D eigenvalue weighted by Gasteiger charge is -2.34. The predicted octanol–water partition coefficient (Wildman–Crippen LogP) is 2.60. The number of aliphatic imine (C=N–C) groups is 1. The summed E-state index contributed by atoms with van der Waals surface area (Å²) in [5, 5.41) is 6.70. The number of guanidine groups is 1. The molecule has 0 radical (unpaired) electrons. The number of piperidine rings is 1. The first-order valence-corrected chi connectivity index (χ1v) is 9.41. The number of nitrogens with one attached hydrogen (secondary N) is 2. The van der Waals surface area contributed by atoms with Crippen LogP contribution in [0.3, 0.4) is 0 Å². The van der Waals surface area contributed by atoms with Gasteiger partial charge in [0.15, 0.2) is 5.96 Å². The molecule has 2 rings (SSSR count). The van der Waals surface area contributed by atoms with Crippen LogP contribution in [0.15, 0.2) is 4.99 Å².